The highest BCUT2D eigenvalue weighted by Crippen LogP contribution is 2.11. The van der Waals surface area contributed by atoms with Crippen LogP contribution in [0.2, 0.25) is 0 Å². The van der Waals surface area contributed by atoms with Gasteiger partial charge < -0.3 is 14.6 Å². The first-order valence-corrected chi connectivity index (χ1v) is 6.57. The summed E-state index contributed by atoms with van der Waals surface area (Å²) in [5.74, 6) is 1.17. The van der Waals surface area contributed by atoms with Gasteiger partial charge in [-0.05, 0) is 6.92 Å². The van der Waals surface area contributed by atoms with Gasteiger partial charge in [-0.3, -0.25) is 9.59 Å². The molecule has 1 N–H and O–H groups in total. The highest BCUT2D eigenvalue weighted by atomic mass is 32.2. The summed E-state index contributed by atoms with van der Waals surface area (Å²) in [6.45, 7) is 3.51. The Balaban J connectivity index is 2.23. The summed E-state index contributed by atoms with van der Waals surface area (Å²) in [6, 6.07) is 1.64. The van der Waals surface area contributed by atoms with E-state index in [0.717, 1.165) is 0 Å². The molecule has 0 saturated heterocycles. The lowest BCUT2D eigenvalue weighted by Gasteiger charge is -2.07. The molecule has 7 heteroatoms. The molecule has 1 aromatic heterocycles. The van der Waals surface area contributed by atoms with Gasteiger partial charge in [0.1, 0.15) is 5.76 Å². The van der Waals surface area contributed by atoms with Crippen molar-refractivity contribution in [2.24, 2.45) is 5.92 Å². The number of carbonyl (C=O) groups is 2. The number of hydrogen-bond donors (Lipinski definition) is 1. The van der Waals surface area contributed by atoms with E-state index >= 15 is 0 Å². The molecule has 0 bridgehead atoms. The number of methoxy groups -OCH3 is 1. The maximum Gasteiger partial charge on any atom is 0.309 e. The summed E-state index contributed by atoms with van der Waals surface area (Å²) >= 11 is 1.37. The highest BCUT2D eigenvalue weighted by Gasteiger charge is 2.14. The number of hydrogen-bond acceptors (Lipinski definition) is 6. The molecule has 0 aromatic carbocycles. The molecular weight excluding hydrogens is 256 g/mol. The monoisotopic (exact) mass is 272 g/mol. The van der Waals surface area contributed by atoms with Crippen LogP contribution in [0.5, 0.6) is 0 Å². The van der Waals surface area contributed by atoms with Gasteiger partial charge in [0.15, 0.2) is 5.82 Å². The van der Waals surface area contributed by atoms with Crippen molar-refractivity contribution in [2.45, 2.75) is 13.8 Å². The second kappa shape index (κ2) is 7.05. The van der Waals surface area contributed by atoms with Gasteiger partial charge in [-0.25, -0.2) is 0 Å². The second-order valence-corrected chi connectivity index (χ2v) is 4.84. The Bertz CT molecular complexity index is 419. The van der Waals surface area contributed by atoms with Crippen molar-refractivity contribution in [3.05, 3.63) is 11.8 Å². The third-order valence-electron chi connectivity index (χ3n) is 2.10. The number of amides is 1. The minimum Gasteiger partial charge on any atom is -0.469 e. The first kappa shape index (κ1) is 14.6. The van der Waals surface area contributed by atoms with Crippen LogP contribution in [0, 0.1) is 12.8 Å². The van der Waals surface area contributed by atoms with E-state index in [9.17, 15) is 9.59 Å². The number of aromatic nitrogens is 1. The molecule has 0 aliphatic heterocycles. The Morgan fingerprint density at radius 1 is 1.61 bits per heavy atom. The molecular formula is C11H16N2O4S. The third-order valence-corrected chi connectivity index (χ3v) is 3.30. The number of anilines is 1. The van der Waals surface area contributed by atoms with Gasteiger partial charge in [-0.2, -0.15) is 11.8 Å². The predicted octanol–water partition coefficient (Wildman–Crippen LogP) is 1.46. The number of carbonyl (C=O) groups excluding carboxylic acids is 2. The number of nitrogens with one attached hydrogen (secondary N) is 1. The van der Waals surface area contributed by atoms with Gasteiger partial charge in [0, 0.05) is 11.8 Å². The van der Waals surface area contributed by atoms with Crippen molar-refractivity contribution < 1.29 is 18.8 Å². The van der Waals surface area contributed by atoms with Crippen LogP contribution < -0.4 is 5.32 Å². The van der Waals surface area contributed by atoms with E-state index in [4.69, 9.17) is 4.52 Å². The van der Waals surface area contributed by atoms with E-state index in [1.807, 2.05) is 0 Å². The van der Waals surface area contributed by atoms with Gasteiger partial charge in [0.2, 0.25) is 5.91 Å². The van der Waals surface area contributed by atoms with Crippen molar-refractivity contribution in [3.63, 3.8) is 0 Å². The molecule has 0 aliphatic carbocycles. The lowest BCUT2D eigenvalue weighted by molar-refractivity contribution is -0.144. The Kier molecular flexibility index (Phi) is 5.70. The van der Waals surface area contributed by atoms with Gasteiger partial charge in [0.25, 0.3) is 0 Å². The summed E-state index contributed by atoms with van der Waals surface area (Å²) in [7, 11) is 1.35. The van der Waals surface area contributed by atoms with Crippen LogP contribution in [0.25, 0.3) is 0 Å². The quantitative estimate of drug-likeness (QED) is 0.790. The molecule has 6 nitrogen and oxygen atoms in total. The molecule has 0 radical (unpaired) electrons. The normalized spacial score (nSPS) is 11.9. The van der Waals surface area contributed by atoms with Crippen LogP contribution in [-0.4, -0.2) is 35.6 Å². The van der Waals surface area contributed by atoms with E-state index in [1.165, 1.54) is 18.9 Å². The zero-order valence-electron chi connectivity index (χ0n) is 10.6. The molecule has 100 valence electrons. The molecule has 0 spiro atoms. The lowest BCUT2D eigenvalue weighted by atomic mass is 10.2. The minimum atomic E-state index is -0.268. The Labute approximate surface area is 109 Å². The molecule has 0 saturated carbocycles. The summed E-state index contributed by atoms with van der Waals surface area (Å²) < 4.78 is 9.41. The zero-order chi connectivity index (χ0) is 13.5. The Hall–Kier alpha value is -1.50. The fourth-order valence-electron chi connectivity index (χ4n) is 1.20. The number of aryl methyl sites for hydroxylation is 1. The van der Waals surface area contributed by atoms with Crippen molar-refractivity contribution in [1.29, 1.82) is 0 Å². The molecule has 1 atom stereocenters. The maximum atomic E-state index is 11.5. The van der Waals surface area contributed by atoms with E-state index in [2.05, 4.69) is 15.2 Å². The summed E-state index contributed by atoms with van der Waals surface area (Å²) in [5, 5.41) is 6.25. The van der Waals surface area contributed by atoms with E-state index < -0.39 is 0 Å². The van der Waals surface area contributed by atoms with Crippen molar-refractivity contribution >= 4 is 29.5 Å². The summed E-state index contributed by atoms with van der Waals surface area (Å²) in [6.07, 6.45) is 0. The summed E-state index contributed by atoms with van der Waals surface area (Å²) in [5.41, 5.74) is 0. The van der Waals surface area contributed by atoms with E-state index in [1.54, 1.807) is 19.9 Å². The van der Waals surface area contributed by atoms with Gasteiger partial charge in [-0.15, -0.1) is 0 Å². The second-order valence-electron chi connectivity index (χ2n) is 3.81. The number of ether oxygens (including phenoxy) is 1. The van der Waals surface area contributed by atoms with Crippen LogP contribution in [0.3, 0.4) is 0 Å². The standard InChI is InChI=1S/C11H16N2O4S/c1-7(11(15)16-3)5-18-6-10(14)12-9-4-8(2)17-13-9/h4,7H,5-6H2,1-3H3,(H,12,13,14). The third kappa shape index (κ3) is 4.79. The molecule has 1 rings (SSSR count). The highest BCUT2D eigenvalue weighted by molar-refractivity contribution is 8.00. The molecule has 1 aromatic rings. The number of rotatable bonds is 6. The first-order valence-electron chi connectivity index (χ1n) is 5.41. The average Bonchev–Trinajstić information content (AvgIpc) is 2.73. The Morgan fingerprint density at radius 2 is 2.33 bits per heavy atom. The van der Waals surface area contributed by atoms with E-state index in [-0.39, 0.29) is 23.5 Å². The SMILES string of the molecule is COC(=O)C(C)CSCC(=O)Nc1cc(C)on1. The molecule has 1 heterocycles. The molecule has 1 amide bonds. The summed E-state index contributed by atoms with van der Waals surface area (Å²) in [4.78, 5) is 22.6. The van der Waals surface area contributed by atoms with Crippen LogP contribution in [0.15, 0.2) is 10.6 Å². The van der Waals surface area contributed by atoms with E-state index in [0.29, 0.717) is 17.3 Å². The fraction of sp³-hybridized carbons (Fsp3) is 0.545. The topological polar surface area (TPSA) is 81.4 Å². The van der Waals surface area contributed by atoms with Crippen LogP contribution in [0.4, 0.5) is 5.82 Å². The van der Waals surface area contributed by atoms with Gasteiger partial charge in [-0.1, -0.05) is 12.1 Å². The smallest absolute Gasteiger partial charge is 0.309 e. The average molecular weight is 272 g/mol. The lowest BCUT2D eigenvalue weighted by Crippen LogP contribution is -2.18. The zero-order valence-corrected chi connectivity index (χ0v) is 11.4. The van der Waals surface area contributed by atoms with Crippen molar-refractivity contribution in [1.82, 2.24) is 5.16 Å². The predicted molar refractivity (Wildman–Crippen MR) is 68.4 cm³/mol. The number of thioether (sulfide) groups is 1. The first-order chi connectivity index (χ1) is 8.52. The number of esters is 1. The maximum absolute atomic E-state index is 11.5. The van der Waals surface area contributed by atoms with Crippen LogP contribution >= 0.6 is 11.8 Å². The number of nitrogens with zero attached hydrogens (tertiary/aromatic N) is 1. The minimum absolute atomic E-state index is 0.176. The largest absolute Gasteiger partial charge is 0.469 e. The van der Waals surface area contributed by atoms with Crippen molar-refractivity contribution in [2.75, 3.05) is 23.9 Å². The molecule has 18 heavy (non-hydrogen) atoms. The molecule has 0 aliphatic rings. The fourth-order valence-corrected chi connectivity index (χ4v) is 2.07. The van der Waals surface area contributed by atoms with Gasteiger partial charge in [0.05, 0.1) is 18.8 Å². The van der Waals surface area contributed by atoms with Crippen LogP contribution in [-0.2, 0) is 14.3 Å². The Morgan fingerprint density at radius 3 is 2.89 bits per heavy atom. The van der Waals surface area contributed by atoms with Gasteiger partial charge >= 0.3 is 5.97 Å². The van der Waals surface area contributed by atoms with Crippen LogP contribution in [0.1, 0.15) is 12.7 Å². The molecule has 0 fully saturated rings. The molecule has 1 unspecified atom stereocenters. The van der Waals surface area contributed by atoms with Crippen molar-refractivity contribution in [3.8, 4) is 0 Å².